The van der Waals surface area contributed by atoms with Crippen molar-refractivity contribution in [1.29, 1.82) is 0 Å². The molecule has 0 bridgehead atoms. The average Bonchev–Trinajstić information content (AvgIpc) is 2.74. The van der Waals surface area contributed by atoms with Gasteiger partial charge in [0.1, 0.15) is 17.3 Å². The van der Waals surface area contributed by atoms with Crippen LogP contribution in [0, 0.1) is 5.82 Å². The molecule has 1 aliphatic rings. The van der Waals surface area contributed by atoms with Crippen molar-refractivity contribution in [2.24, 2.45) is 0 Å². The van der Waals surface area contributed by atoms with Gasteiger partial charge in [0.2, 0.25) is 5.91 Å². The summed E-state index contributed by atoms with van der Waals surface area (Å²) >= 11 is 0. The van der Waals surface area contributed by atoms with Gasteiger partial charge in [-0.3, -0.25) is 9.59 Å². The highest BCUT2D eigenvalue weighted by Crippen LogP contribution is 2.24. The molecular weight excluding hydrogens is 363 g/mol. The lowest BCUT2D eigenvalue weighted by atomic mass is 10.1. The van der Waals surface area contributed by atoms with E-state index in [4.69, 9.17) is 9.47 Å². The number of benzene rings is 2. The Balaban J connectivity index is 1.61. The lowest BCUT2D eigenvalue weighted by molar-refractivity contribution is -0.132. The van der Waals surface area contributed by atoms with Crippen LogP contribution < -0.4 is 9.47 Å². The second-order valence-electron chi connectivity index (χ2n) is 6.54. The number of hydrogen-bond donors (Lipinski definition) is 0. The molecule has 1 aliphatic heterocycles. The highest BCUT2D eigenvalue weighted by Gasteiger charge is 2.26. The summed E-state index contributed by atoms with van der Waals surface area (Å²) in [5, 5.41) is 0. The number of piperazine rings is 1. The van der Waals surface area contributed by atoms with E-state index < -0.39 is 0 Å². The third kappa shape index (κ3) is 4.42. The molecular formula is C21H23FN2O4. The number of nitrogens with zero attached hydrogens (tertiary/aromatic N) is 2. The summed E-state index contributed by atoms with van der Waals surface area (Å²) in [6.07, 6.45) is 0.0215. The van der Waals surface area contributed by atoms with Crippen molar-refractivity contribution in [1.82, 2.24) is 9.80 Å². The third-order valence-electron chi connectivity index (χ3n) is 4.82. The normalized spacial score (nSPS) is 14.0. The topological polar surface area (TPSA) is 59.1 Å². The minimum atomic E-state index is -0.378. The van der Waals surface area contributed by atoms with Crippen molar-refractivity contribution in [3.63, 3.8) is 0 Å². The van der Waals surface area contributed by atoms with Crippen LogP contribution in [0.4, 0.5) is 4.39 Å². The van der Waals surface area contributed by atoms with Gasteiger partial charge in [-0.05, 0) is 23.8 Å². The molecule has 6 nitrogen and oxygen atoms in total. The van der Waals surface area contributed by atoms with Crippen molar-refractivity contribution in [3.05, 3.63) is 59.4 Å². The first-order chi connectivity index (χ1) is 13.5. The van der Waals surface area contributed by atoms with Crippen LogP contribution in [0.3, 0.4) is 0 Å². The van der Waals surface area contributed by atoms with Crippen LogP contribution in [0.2, 0.25) is 0 Å². The molecule has 1 saturated heterocycles. The maximum atomic E-state index is 13.8. The first kappa shape index (κ1) is 19.7. The maximum absolute atomic E-state index is 13.8. The molecule has 7 heteroatoms. The number of carbonyl (C=O) groups excluding carboxylic acids is 2. The number of halogens is 1. The molecule has 148 valence electrons. The Hall–Kier alpha value is -3.09. The molecule has 2 amide bonds. The van der Waals surface area contributed by atoms with Crippen molar-refractivity contribution in [2.75, 3.05) is 40.4 Å². The van der Waals surface area contributed by atoms with Gasteiger partial charge in [0, 0.05) is 37.8 Å². The van der Waals surface area contributed by atoms with E-state index in [1.807, 2.05) is 0 Å². The maximum Gasteiger partial charge on any atom is 0.254 e. The van der Waals surface area contributed by atoms with E-state index in [2.05, 4.69) is 0 Å². The third-order valence-corrected chi connectivity index (χ3v) is 4.82. The Labute approximate surface area is 163 Å². The quantitative estimate of drug-likeness (QED) is 0.792. The zero-order chi connectivity index (χ0) is 20.1. The number of amides is 2. The summed E-state index contributed by atoms with van der Waals surface area (Å²) in [6.45, 7) is 1.67. The molecule has 0 atom stereocenters. The fourth-order valence-electron chi connectivity index (χ4n) is 3.19. The van der Waals surface area contributed by atoms with Crippen molar-refractivity contribution >= 4 is 11.8 Å². The summed E-state index contributed by atoms with van der Waals surface area (Å²) in [5.74, 6) is 0.429. The molecule has 3 rings (SSSR count). The highest BCUT2D eigenvalue weighted by molar-refractivity contribution is 5.95. The van der Waals surface area contributed by atoms with Gasteiger partial charge in [-0.2, -0.15) is 0 Å². The standard InChI is InChI=1S/C21H23FN2O4/c1-27-17-11-16(12-18(14-17)28-2)21(26)24-9-7-23(8-10-24)20(25)13-15-5-3-4-6-19(15)22/h3-6,11-12,14H,7-10,13H2,1-2H3. The van der Waals surface area contributed by atoms with Crippen LogP contribution in [0.5, 0.6) is 11.5 Å². The molecule has 28 heavy (non-hydrogen) atoms. The summed E-state index contributed by atoms with van der Waals surface area (Å²) in [5.41, 5.74) is 0.858. The number of methoxy groups -OCH3 is 2. The summed E-state index contributed by atoms with van der Waals surface area (Å²) in [6, 6.07) is 11.3. The van der Waals surface area contributed by atoms with Gasteiger partial charge in [0.25, 0.3) is 5.91 Å². The molecule has 0 aliphatic carbocycles. The Bertz CT molecular complexity index is 841. The van der Waals surface area contributed by atoms with Crippen LogP contribution >= 0.6 is 0 Å². The SMILES string of the molecule is COc1cc(OC)cc(C(=O)N2CCN(C(=O)Cc3ccccc3F)CC2)c1. The number of hydrogen-bond acceptors (Lipinski definition) is 4. The lowest BCUT2D eigenvalue weighted by Crippen LogP contribution is -2.51. The fourth-order valence-corrected chi connectivity index (χ4v) is 3.19. The number of ether oxygens (including phenoxy) is 2. The Kier molecular flexibility index (Phi) is 6.13. The summed E-state index contributed by atoms with van der Waals surface area (Å²) in [4.78, 5) is 28.6. The minimum absolute atomic E-state index is 0.0215. The summed E-state index contributed by atoms with van der Waals surface area (Å²) < 4.78 is 24.2. The summed E-state index contributed by atoms with van der Waals surface area (Å²) in [7, 11) is 3.06. The monoisotopic (exact) mass is 386 g/mol. The van der Waals surface area contributed by atoms with Gasteiger partial charge < -0.3 is 19.3 Å². The molecule has 2 aromatic rings. The minimum Gasteiger partial charge on any atom is -0.497 e. The fraction of sp³-hybridized carbons (Fsp3) is 0.333. The molecule has 0 spiro atoms. The van der Waals surface area contributed by atoms with Gasteiger partial charge >= 0.3 is 0 Å². The first-order valence-electron chi connectivity index (χ1n) is 9.05. The van der Waals surface area contributed by atoms with Crippen LogP contribution in [0.15, 0.2) is 42.5 Å². The van der Waals surface area contributed by atoms with Crippen molar-refractivity contribution in [3.8, 4) is 11.5 Å². The molecule has 0 radical (unpaired) electrons. The Morgan fingerprint density at radius 2 is 1.50 bits per heavy atom. The highest BCUT2D eigenvalue weighted by atomic mass is 19.1. The van der Waals surface area contributed by atoms with Crippen LogP contribution in [-0.4, -0.2) is 62.0 Å². The van der Waals surface area contributed by atoms with Gasteiger partial charge in [0.05, 0.1) is 20.6 Å². The first-order valence-corrected chi connectivity index (χ1v) is 9.05. The predicted octanol–water partition coefficient (Wildman–Crippen LogP) is 2.37. The molecule has 2 aromatic carbocycles. The van der Waals surface area contributed by atoms with E-state index in [1.54, 1.807) is 46.2 Å². The molecule has 0 N–H and O–H groups in total. The van der Waals surface area contributed by atoms with E-state index in [0.29, 0.717) is 48.8 Å². The largest absolute Gasteiger partial charge is 0.497 e. The van der Waals surface area contributed by atoms with Crippen molar-refractivity contribution in [2.45, 2.75) is 6.42 Å². The zero-order valence-electron chi connectivity index (χ0n) is 16.0. The van der Waals surface area contributed by atoms with Crippen LogP contribution in [-0.2, 0) is 11.2 Å². The van der Waals surface area contributed by atoms with Crippen LogP contribution in [0.25, 0.3) is 0 Å². The van der Waals surface area contributed by atoms with Crippen LogP contribution in [0.1, 0.15) is 15.9 Å². The Morgan fingerprint density at radius 3 is 2.07 bits per heavy atom. The predicted molar refractivity (Wildman–Crippen MR) is 102 cm³/mol. The smallest absolute Gasteiger partial charge is 0.254 e. The second-order valence-corrected chi connectivity index (χ2v) is 6.54. The molecule has 1 fully saturated rings. The lowest BCUT2D eigenvalue weighted by Gasteiger charge is -2.35. The molecule has 1 heterocycles. The van der Waals surface area contributed by atoms with E-state index in [0.717, 1.165) is 0 Å². The molecule has 0 unspecified atom stereocenters. The van der Waals surface area contributed by atoms with Gasteiger partial charge in [0.15, 0.2) is 0 Å². The van der Waals surface area contributed by atoms with Gasteiger partial charge in [-0.25, -0.2) is 4.39 Å². The average molecular weight is 386 g/mol. The number of rotatable bonds is 5. The van der Waals surface area contributed by atoms with E-state index >= 15 is 0 Å². The van der Waals surface area contributed by atoms with Gasteiger partial charge in [-0.15, -0.1) is 0 Å². The van der Waals surface area contributed by atoms with Crippen molar-refractivity contribution < 1.29 is 23.5 Å². The van der Waals surface area contributed by atoms with E-state index in [9.17, 15) is 14.0 Å². The van der Waals surface area contributed by atoms with E-state index in [1.165, 1.54) is 20.3 Å². The Morgan fingerprint density at radius 1 is 0.929 bits per heavy atom. The zero-order valence-corrected chi connectivity index (χ0v) is 16.0. The van der Waals surface area contributed by atoms with Gasteiger partial charge in [-0.1, -0.05) is 18.2 Å². The molecule has 0 saturated carbocycles. The molecule has 0 aromatic heterocycles. The number of carbonyl (C=O) groups is 2. The second kappa shape index (κ2) is 8.73. The van der Waals surface area contributed by atoms with E-state index in [-0.39, 0.29) is 24.1 Å².